The van der Waals surface area contributed by atoms with Crippen molar-refractivity contribution in [3.05, 3.63) is 190 Å². The van der Waals surface area contributed by atoms with Crippen molar-refractivity contribution >= 4 is 0 Å². The number of allylic oxidation sites excluding steroid dienone is 4. The third-order valence-electron chi connectivity index (χ3n) is 8.16. The number of aryl methyl sites for hydroxylation is 4. The van der Waals surface area contributed by atoms with Gasteiger partial charge >= 0.3 is 0 Å². The average Bonchev–Trinajstić information content (AvgIpc) is 3.14. The number of benzene rings is 5. The lowest BCUT2D eigenvalue weighted by molar-refractivity contribution is 0.499. The van der Waals surface area contributed by atoms with Crippen molar-refractivity contribution in [1.29, 1.82) is 0 Å². The van der Waals surface area contributed by atoms with Crippen LogP contribution in [0.25, 0.3) is 22.3 Å². The van der Waals surface area contributed by atoms with Gasteiger partial charge in [-0.2, -0.15) is 0 Å². The van der Waals surface area contributed by atoms with E-state index in [4.69, 9.17) is 0 Å². The van der Waals surface area contributed by atoms with Gasteiger partial charge in [0, 0.05) is 5.56 Å². The van der Waals surface area contributed by atoms with Crippen molar-refractivity contribution in [3.8, 4) is 22.3 Å². The van der Waals surface area contributed by atoms with Crippen molar-refractivity contribution in [3.63, 3.8) is 0 Å². The normalized spacial score (nSPS) is 9.75. The standard InChI is InChI=1S/C21H17F3.C10H14.C8H10.C5H10.C5H8/c1-12-4-8-15(9-5-12)17-14(3)19(22)18(21(24)20(17)23)16-10-6-13(2)7-11-16;1-8(2)10-6-4-9(3)5-7-10;1-2-8-6-4-3-5-7-8;2*1-4-5(2)3/h4-11H,1-3H3;4-8H,1-3H3;3-7H,2H2,1H3;4H,1-3H3;4H,1-2H2,3H3. The van der Waals surface area contributed by atoms with Crippen LogP contribution < -0.4 is 0 Å². The number of halogens is 3. The zero-order chi connectivity index (χ0) is 39.4. The van der Waals surface area contributed by atoms with Gasteiger partial charge in [0.2, 0.25) is 0 Å². The molecule has 0 spiro atoms. The second-order valence-electron chi connectivity index (χ2n) is 13.4. The summed E-state index contributed by atoms with van der Waals surface area (Å²) >= 11 is 0. The molecular weight excluding hydrogens is 646 g/mol. The smallest absolute Gasteiger partial charge is 0.170 e. The summed E-state index contributed by atoms with van der Waals surface area (Å²) in [6.07, 6.45) is 4.95. The molecule has 0 heterocycles. The van der Waals surface area contributed by atoms with Gasteiger partial charge in [0.15, 0.2) is 11.6 Å². The minimum atomic E-state index is -1.16. The molecule has 0 aliphatic carbocycles. The third-order valence-corrected chi connectivity index (χ3v) is 8.16. The molecule has 0 amide bonds. The Hall–Kier alpha value is -4.89. The summed E-state index contributed by atoms with van der Waals surface area (Å²) in [6, 6.07) is 32.8. The first-order chi connectivity index (χ1) is 24.6. The zero-order valence-electron chi connectivity index (χ0n) is 33.3. The molecule has 0 fully saturated rings. The summed E-state index contributed by atoms with van der Waals surface area (Å²) in [4.78, 5) is 0. The predicted molar refractivity (Wildman–Crippen MR) is 223 cm³/mol. The van der Waals surface area contributed by atoms with Gasteiger partial charge < -0.3 is 0 Å². The zero-order valence-corrected chi connectivity index (χ0v) is 33.3. The van der Waals surface area contributed by atoms with Gasteiger partial charge in [-0.15, -0.1) is 0 Å². The molecule has 5 rings (SSSR count). The molecule has 3 heteroatoms. The Morgan fingerprint density at radius 1 is 0.615 bits per heavy atom. The van der Waals surface area contributed by atoms with Crippen LogP contribution in [0, 0.1) is 45.1 Å². The summed E-state index contributed by atoms with van der Waals surface area (Å²) in [6.45, 7) is 29.1. The first-order valence-electron chi connectivity index (χ1n) is 17.9. The van der Waals surface area contributed by atoms with Crippen LogP contribution in [0.1, 0.15) is 87.8 Å². The van der Waals surface area contributed by atoms with E-state index in [-0.39, 0.29) is 16.7 Å². The molecule has 0 aliphatic rings. The Morgan fingerprint density at radius 3 is 1.31 bits per heavy atom. The molecule has 5 aromatic rings. The lowest BCUT2D eigenvalue weighted by Crippen LogP contribution is -2.02. The Balaban J connectivity index is 0.000000395. The molecule has 0 bridgehead atoms. The van der Waals surface area contributed by atoms with Crippen molar-refractivity contribution in [1.82, 2.24) is 0 Å². The molecule has 0 radical (unpaired) electrons. The first kappa shape index (κ1) is 45.1. The molecule has 0 saturated carbocycles. The molecule has 0 saturated heterocycles. The molecule has 52 heavy (non-hydrogen) atoms. The summed E-state index contributed by atoms with van der Waals surface area (Å²) < 4.78 is 44.2. The van der Waals surface area contributed by atoms with Crippen LogP contribution in [0.4, 0.5) is 13.2 Å². The quantitative estimate of drug-likeness (QED) is 0.0971. The van der Waals surface area contributed by atoms with E-state index >= 15 is 0 Å². The van der Waals surface area contributed by atoms with E-state index in [1.54, 1.807) is 54.6 Å². The highest BCUT2D eigenvalue weighted by atomic mass is 19.2. The second-order valence-corrected chi connectivity index (χ2v) is 13.4. The summed E-state index contributed by atoms with van der Waals surface area (Å²) in [5.74, 6) is -2.25. The Morgan fingerprint density at radius 2 is 0.981 bits per heavy atom. The highest BCUT2D eigenvalue weighted by Gasteiger charge is 2.24. The fourth-order valence-electron chi connectivity index (χ4n) is 4.48. The summed E-state index contributed by atoms with van der Waals surface area (Å²) in [5.41, 5.74) is 9.08. The third kappa shape index (κ3) is 15.6. The van der Waals surface area contributed by atoms with E-state index in [1.165, 1.54) is 29.2 Å². The SMILES string of the molecule is C=CC(=C)C.CC=C(C)C.CCc1ccccc1.Cc1ccc(-c2c(C)c(F)c(-c3ccc(C)cc3)c(F)c2F)cc1.Cc1ccc(C(C)C)cc1. The van der Waals surface area contributed by atoms with Crippen LogP contribution in [0.3, 0.4) is 0 Å². The van der Waals surface area contributed by atoms with Crippen molar-refractivity contribution in [2.45, 2.75) is 88.5 Å². The molecule has 0 atom stereocenters. The van der Waals surface area contributed by atoms with E-state index in [9.17, 15) is 13.2 Å². The fraction of sp³-hybridized carbons (Fsp3) is 0.265. The van der Waals surface area contributed by atoms with Crippen LogP contribution >= 0.6 is 0 Å². The maximum absolute atomic E-state index is 14.8. The lowest BCUT2D eigenvalue weighted by Gasteiger charge is -2.15. The van der Waals surface area contributed by atoms with E-state index in [0.29, 0.717) is 17.0 Å². The highest BCUT2D eigenvalue weighted by Crippen LogP contribution is 2.37. The minimum absolute atomic E-state index is 0.0270. The fourth-order valence-corrected chi connectivity index (χ4v) is 4.48. The minimum Gasteiger partial charge on any atom is -0.206 e. The predicted octanol–water partition coefficient (Wildman–Crippen LogP) is 15.5. The topological polar surface area (TPSA) is 0 Å². The maximum atomic E-state index is 14.8. The van der Waals surface area contributed by atoms with Crippen molar-refractivity contribution in [2.24, 2.45) is 0 Å². The Kier molecular flexibility index (Phi) is 20.4. The Labute approximate surface area is 313 Å². The molecule has 5 aromatic carbocycles. The van der Waals surface area contributed by atoms with Crippen molar-refractivity contribution in [2.75, 3.05) is 0 Å². The average molecular weight is 705 g/mol. The van der Waals surface area contributed by atoms with Crippen molar-refractivity contribution < 1.29 is 13.2 Å². The van der Waals surface area contributed by atoms with Gasteiger partial charge in [-0.05, 0) is 95.5 Å². The van der Waals surface area contributed by atoms with Crippen LogP contribution in [0.5, 0.6) is 0 Å². The molecule has 0 N–H and O–H groups in total. The molecule has 276 valence electrons. The van der Waals surface area contributed by atoms with E-state index < -0.39 is 17.5 Å². The molecule has 0 nitrogen and oxygen atoms in total. The Bertz CT molecular complexity index is 1720. The summed E-state index contributed by atoms with van der Waals surface area (Å²) in [7, 11) is 0. The van der Waals surface area contributed by atoms with E-state index in [0.717, 1.165) is 23.1 Å². The highest BCUT2D eigenvalue weighted by molar-refractivity contribution is 5.75. The van der Waals surface area contributed by atoms with Crippen LogP contribution in [-0.2, 0) is 6.42 Å². The monoisotopic (exact) mass is 704 g/mol. The molecular formula is C49H59F3. The van der Waals surface area contributed by atoms with Gasteiger partial charge in [-0.25, -0.2) is 13.2 Å². The second kappa shape index (κ2) is 23.6. The van der Waals surface area contributed by atoms with Crippen LogP contribution in [0.2, 0.25) is 0 Å². The van der Waals surface area contributed by atoms with Crippen LogP contribution in [0.15, 0.2) is 140 Å². The molecule has 0 aromatic heterocycles. The van der Waals surface area contributed by atoms with Gasteiger partial charge in [0.1, 0.15) is 5.82 Å². The molecule has 0 aliphatic heterocycles. The summed E-state index contributed by atoms with van der Waals surface area (Å²) in [5, 5.41) is 0. The number of hydrogen-bond donors (Lipinski definition) is 0. The van der Waals surface area contributed by atoms with E-state index in [1.807, 2.05) is 33.8 Å². The van der Waals surface area contributed by atoms with Gasteiger partial charge in [-0.1, -0.05) is 177 Å². The lowest BCUT2D eigenvalue weighted by atomic mass is 9.93. The largest absolute Gasteiger partial charge is 0.206 e. The van der Waals surface area contributed by atoms with Gasteiger partial charge in [-0.3, -0.25) is 0 Å². The first-order valence-corrected chi connectivity index (χ1v) is 17.9. The molecule has 0 unspecified atom stereocenters. The number of rotatable bonds is 5. The maximum Gasteiger partial charge on any atom is 0.170 e. The van der Waals surface area contributed by atoms with Gasteiger partial charge in [0.05, 0.1) is 5.56 Å². The number of hydrogen-bond acceptors (Lipinski definition) is 0. The van der Waals surface area contributed by atoms with Crippen LogP contribution in [-0.4, -0.2) is 0 Å². The van der Waals surface area contributed by atoms with Gasteiger partial charge in [0.25, 0.3) is 0 Å². The van der Waals surface area contributed by atoms with E-state index in [2.05, 4.69) is 109 Å².